The predicted molar refractivity (Wildman–Crippen MR) is 126 cm³/mol. The zero-order valence-electron chi connectivity index (χ0n) is 18.2. The highest BCUT2D eigenvalue weighted by Gasteiger charge is 2.22. The molecule has 0 radical (unpaired) electrons. The lowest BCUT2D eigenvalue weighted by Crippen LogP contribution is -1.94. The van der Waals surface area contributed by atoms with Crippen LogP contribution in [0.15, 0.2) is 60.7 Å². The summed E-state index contributed by atoms with van der Waals surface area (Å²) in [7, 11) is 6.52. The molecular formula is C25H23ClN2O4. The van der Waals surface area contributed by atoms with Gasteiger partial charge in [0.15, 0.2) is 0 Å². The summed E-state index contributed by atoms with van der Waals surface area (Å²) in [5.41, 5.74) is 3.93. The third-order valence-corrected chi connectivity index (χ3v) is 5.41. The van der Waals surface area contributed by atoms with E-state index in [4.69, 9.17) is 35.5 Å². The summed E-state index contributed by atoms with van der Waals surface area (Å²) in [6.45, 7) is 0. The smallest absolute Gasteiger partial charge is 0.138 e. The van der Waals surface area contributed by atoms with E-state index in [2.05, 4.69) is 4.98 Å². The highest BCUT2D eigenvalue weighted by molar-refractivity contribution is 6.30. The van der Waals surface area contributed by atoms with Crippen molar-refractivity contribution < 1.29 is 18.9 Å². The number of methoxy groups -OCH3 is 4. The Bertz CT molecular complexity index is 1160. The minimum Gasteiger partial charge on any atom is -0.497 e. The molecule has 1 N–H and O–H groups in total. The number of rotatable bonds is 7. The molecule has 3 aromatic carbocycles. The monoisotopic (exact) mass is 450 g/mol. The summed E-state index contributed by atoms with van der Waals surface area (Å²) in [5.74, 6) is 3.43. The lowest BCUT2D eigenvalue weighted by Gasteiger charge is -2.13. The van der Waals surface area contributed by atoms with Crippen molar-refractivity contribution in [3.63, 3.8) is 0 Å². The summed E-state index contributed by atoms with van der Waals surface area (Å²) < 4.78 is 22.2. The van der Waals surface area contributed by atoms with Crippen molar-refractivity contribution in [1.29, 1.82) is 0 Å². The Labute approximate surface area is 191 Å². The number of nitrogens with one attached hydrogen (secondary N) is 1. The first-order valence-electron chi connectivity index (χ1n) is 9.88. The van der Waals surface area contributed by atoms with Crippen molar-refractivity contribution >= 4 is 11.6 Å². The molecule has 0 aliphatic rings. The Kier molecular flexibility index (Phi) is 6.23. The SMILES string of the molecule is COc1ccc(OC)c(-c2nc(-c3ccc(Cl)cc3)[nH]c2-c2cc(OC)ccc2OC)c1. The average molecular weight is 451 g/mol. The van der Waals surface area contributed by atoms with E-state index in [0.717, 1.165) is 22.4 Å². The minimum atomic E-state index is 0.657. The summed E-state index contributed by atoms with van der Waals surface area (Å²) in [5, 5.41) is 0.657. The molecule has 0 saturated heterocycles. The maximum Gasteiger partial charge on any atom is 0.138 e. The van der Waals surface area contributed by atoms with Gasteiger partial charge in [-0.15, -0.1) is 0 Å². The Hall–Kier alpha value is -3.64. The largest absolute Gasteiger partial charge is 0.497 e. The summed E-state index contributed by atoms with van der Waals surface area (Å²) in [6, 6.07) is 18.7. The molecule has 0 saturated carbocycles. The molecular weight excluding hydrogens is 428 g/mol. The van der Waals surface area contributed by atoms with E-state index < -0.39 is 0 Å². The molecule has 1 heterocycles. The quantitative estimate of drug-likeness (QED) is 0.368. The maximum atomic E-state index is 6.08. The third kappa shape index (κ3) is 4.09. The van der Waals surface area contributed by atoms with Crippen molar-refractivity contribution in [3.8, 4) is 56.9 Å². The van der Waals surface area contributed by atoms with Gasteiger partial charge in [0.1, 0.15) is 34.5 Å². The van der Waals surface area contributed by atoms with E-state index >= 15 is 0 Å². The van der Waals surface area contributed by atoms with Gasteiger partial charge >= 0.3 is 0 Å². The van der Waals surface area contributed by atoms with E-state index in [-0.39, 0.29) is 0 Å². The van der Waals surface area contributed by atoms with Gasteiger partial charge in [0.2, 0.25) is 0 Å². The molecule has 0 aliphatic carbocycles. The van der Waals surface area contributed by atoms with Crippen LogP contribution in [0.1, 0.15) is 0 Å². The number of hydrogen-bond donors (Lipinski definition) is 1. The molecule has 32 heavy (non-hydrogen) atoms. The lowest BCUT2D eigenvalue weighted by atomic mass is 10.0. The highest BCUT2D eigenvalue weighted by Crippen LogP contribution is 2.43. The van der Waals surface area contributed by atoms with Crippen LogP contribution in [0, 0.1) is 0 Å². The van der Waals surface area contributed by atoms with Crippen molar-refractivity contribution in [2.24, 2.45) is 0 Å². The lowest BCUT2D eigenvalue weighted by molar-refractivity contribution is 0.404. The Morgan fingerprint density at radius 1 is 0.688 bits per heavy atom. The van der Waals surface area contributed by atoms with Gasteiger partial charge in [-0.05, 0) is 60.7 Å². The molecule has 4 rings (SSSR count). The number of aromatic amines is 1. The molecule has 0 spiro atoms. The molecule has 0 amide bonds. The topological polar surface area (TPSA) is 65.6 Å². The summed E-state index contributed by atoms with van der Waals surface area (Å²) >= 11 is 6.08. The molecule has 0 atom stereocenters. The fraction of sp³-hybridized carbons (Fsp3) is 0.160. The van der Waals surface area contributed by atoms with Crippen molar-refractivity contribution in [1.82, 2.24) is 9.97 Å². The Balaban J connectivity index is 2.00. The van der Waals surface area contributed by atoms with Crippen molar-refractivity contribution in [3.05, 3.63) is 65.7 Å². The van der Waals surface area contributed by atoms with Gasteiger partial charge in [-0.1, -0.05) is 11.6 Å². The zero-order chi connectivity index (χ0) is 22.7. The molecule has 7 heteroatoms. The second kappa shape index (κ2) is 9.24. The molecule has 0 unspecified atom stereocenters. The fourth-order valence-corrected chi connectivity index (χ4v) is 3.64. The number of H-pyrrole nitrogens is 1. The van der Waals surface area contributed by atoms with E-state index in [0.29, 0.717) is 39.5 Å². The van der Waals surface area contributed by atoms with Gasteiger partial charge < -0.3 is 23.9 Å². The van der Waals surface area contributed by atoms with E-state index in [1.54, 1.807) is 28.4 Å². The summed E-state index contributed by atoms with van der Waals surface area (Å²) in [4.78, 5) is 8.40. The predicted octanol–water partition coefficient (Wildman–Crippen LogP) is 6.10. The standard InChI is InChI=1S/C25H23ClN2O4/c1-29-17-9-11-21(31-3)19(13-17)23-24(20-14-18(30-2)10-12-22(20)32-4)28-25(27-23)15-5-7-16(26)8-6-15/h5-14H,1-4H3,(H,27,28). The first-order chi connectivity index (χ1) is 15.6. The normalized spacial score (nSPS) is 10.7. The molecule has 0 aliphatic heterocycles. The molecule has 1 aromatic heterocycles. The van der Waals surface area contributed by atoms with E-state index in [1.165, 1.54) is 0 Å². The number of benzene rings is 3. The van der Waals surface area contributed by atoms with Gasteiger partial charge in [0.05, 0.1) is 34.1 Å². The molecule has 0 bridgehead atoms. The highest BCUT2D eigenvalue weighted by atomic mass is 35.5. The van der Waals surface area contributed by atoms with Gasteiger partial charge in [0.25, 0.3) is 0 Å². The van der Waals surface area contributed by atoms with Crippen molar-refractivity contribution in [2.45, 2.75) is 0 Å². The van der Waals surface area contributed by atoms with Gasteiger partial charge in [-0.25, -0.2) is 4.98 Å². The Morgan fingerprint density at radius 3 is 1.81 bits per heavy atom. The van der Waals surface area contributed by atoms with Gasteiger partial charge in [0, 0.05) is 21.7 Å². The average Bonchev–Trinajstić information content (AvgIpc) is 3.28. The number of imidazole rings is 1. The maximum absolute atomic E-state index is 6.08. The van der Waals surface area contributed by atoms with E-state index in [9.17, 15) is 0 Å². The van der Waals surface area contributed by atoms with Gasteiger partial charge in [-0.2, -0.15) is 0 Å². The van der Waals surface area contributed by atoms with Gasteiger partial charge in [-0.3, -0.25) is 0 Å². The van der Waals surface area contributed by atoms with Crippen LogP contribution < -0.4 is 18.9 Å². The number of hydrogen-bond acceptors (Lipinski definition) is 5. The van der Waals surface area contributed by atoms with Crippen molar-refractivity contribution in [2.75, 3.05) is 28.4 Å². The van der Waals surface area contributed by atoms with Crippen LogP contribution in [-0.2, 0) is 0 Å². The molecule has 0 fully saturated rings. The zero-order valence-corrected chi connectivity index (χ0v) is 19.0. The number of ether oxygens (including phenoxy) is 4. The van der Waals surface area contributed by atoms with Crippen LogP contribution in [0.2, 0.25) is 5.02 Å². The van der Waals surface area contributed by atoms with Crippen LogP contribution >= 0.6 is 11.6 Å². The summed E-state index contributed by atoms with van der Waals surface area (Å²) in [6.07, 6.45) is 0. The van der Waals surface area contributed by atoms with E-state index in [1.807, 2.05) is 60.7 Å². The second-order valence-electron chi connectivity index (χ2n) is 6.95. The second-order valence-corrected chi connectivity index (χ2v) is 7.38. The van der Waals surface area contributed by atoms with Crippen LogP contribution in [-0.4, -0.2) is 38.4 Å². The number of halogens is 1. The third-order valence-electron chi connectivity index (χ3n) is 5.16. The van der Waals surface area contributed by atoms with Crippen LogP contribution in [0.3, 0.4) is 0 Å². The van der Waals surface area contributed by atoms with Crippen LogP contribution in [0.25, 0.3) is 33.9 Å². The Morgan fingerprint density at radius 2 is 1.25 bits per heavy atom. The first-order valence-corrected chi connectivity index (χ1v) is 10.3. The van der Waals surface area contributed by atoms with Crippen LogP contribution in [0.5, 0.6) is 23.0 Å². The number of nitrogens with zero attached hydrogens (tertiary/aromatic N) is 1. The molecule has 4 aromatic rings. The first kappa shape index (κ1) is 21.6. The molecule has 6 nitrogen and oxygen atoms in total. The molecule has 164 valence electrons. The fourth-order valence-electron chi connectivity index (χ4n) is 3.52. The number of aromatic nitrogens is 2. The van der Waals surface area contributed by atoms with Crippen LogP contribution in [0.4, 0.5) is 0 Å². The minimum absolute atomic E-state index is 0.657.